The van der Waals surface area contributed by atoms with E-state index in [0.29, 0.717) is 37.1 Å². The molecule has 0 saturated heterocycles. The van der Waals surface area contributed by atoms with E-state index in [9.17, 15) is 13.2 Å². The van der Waals surface area contributed by atoms with Gasteiger partial charge >= 0.3 is 6.18 Å². The van der Waals surface area contributed by atoms with Gasteiger partial charge in [0.25, 0.3) is 0 Å². The number of hydrogen-bond acceptors (Lipinski definition) is 3. The molecule has 5 nitrogen and oxygen atoms in total. The second-order valence-corrected chi connectivity index (χ2v) is 7.17. The average Bonchev–Trinajstić information content (AvgIpc) is 3.09. The van der Waals surface area contributed by atoms with Crippen LogP contribution in [0.2, 0.25) is 0 Å². The zero-order valence-corrected chi connectivity index (χ0v) is 16.4. The molecule has 27 heavy (non-hydrogen) atoms. The largest absolute Gasteiger partial charge is 0.391 e. The van der Waals surface area contributed by atoms with Gasteiger partial charge in [-0.05, 0) is 39.0 Å². The van der Waals surface area contributed by atoms with E-state index >= 15 is 0 Å². The maximum atomic E-state index is 13.0. The van der Waals surface area contributed by atoms with Gasteiger partial charge in [-0.15, -0.1) is 0 Å². The Bertz CT molecular complexity index is 596. The number of aliphatic imine (C=N–C) groups is 1. The number of nitrogens with one attached hydrogen (secondary N) is 2. The van der Waals surface area contributed by atoms with Crippen LogP contribution in [-0.4, -0.2) is 29.9 Å². The van der Waals surface area contributed by atoms with E-state index in [-0.39, 0.29) is 18.9 Å². The topological polar surface area (TPSA) is 62.5 Å². The van der Waals surface area contributed by atoms with Gasteiger partial charge in [0, 0.05) is 24.6 Å². The van der Waals surface area contributed by atoms with Gasteiger partial charge in [0.2, 0.25) is 0 Å². The van der Waals surface area contributed by atoms with Crippen molar-refractivity contribution in [2.45, 2.75) is 84.0 Å². The van der Waals surface area contributed by atoms with Gasteiger partial charge in [-0.25, -0.2) is 4.99 Å². The Hall–Kier alpha value is -1.73. The fourth-order valence-corrected chi connectivity index (χ4v) is 3.59. The molecule has 154 valence electrons. The summed E-state index contributed by atoms with van der Waals surface area (Å²) in [4.78, 5) is 4.47. The van der Waals surface area contributed by atoms with E-state index < -0.39 is 12.1 Å². The molecule has 1 aromatic rings. The molecule has 1 fully saturated rings. The minimum absolute atomic E-state index is 0.0923. The molecular weight excluding hydrogens is 357 g/mol. The molecule has 2 N–H and O–H groups in total. The van der Waals surface area contributed by atoms with Crippen molar-refractivity contribution in [3.05, 3.63) is 17.5 Å². The van der Waals surface area contributed by atoms with Gasteiger partial charge in [-0.3, -0.25) is 0 Å². The Labute approximate surface area is 159 Å². The third-order valence-electron chi connectivity index (χ3n) is 5.20. The van der Waals surface area contributed by atoms with Crippen LogP contribution in [0.25, 0.3) is 0 Å². The van der Waals surface area contributed by atoms with Gasteiger partial charge < -0.3 is 15.2 Å². The fraction of sp³-hybridized carbons (Fsp3) is 0.789. The Balaban J connectivity index is 1.98. The Kier molecular flexibility index (Phi) is 7.98. The lowest BCUT2D eigenvalue weighted by Crippen LogP contribution is -2.46. The fourth-order valence-electron chi connectivity index (χ4n) is 3.59. The number of alkyl halides is 3. The number of hydrogen-bond donors (Lipinski definition) is 2. The smallest absolute Gasteiger partial charge is 0.359 e. The molecule has 0 radical (unpaired) electrons. The summed E-state index contributed by atoms with van der Waals surface area (Å²) in [6.45, 7) is 7.10. The first-order valence-corrected chi connectivity index (χ1v) is 9.94. The van der Waals surface area contributed by atoms with E-state index in [0.717, 1.165) is 25.0 Å². The summed E-state index contributed by atoms with van der Waals surface area (Å²) >= 11 is 0. The van der Waals surface area contributed by atoms with Crippen LogP contribution in [0, 0.1) is 5.92 Å². The minimum atomic E-state index is -4.12. The van der Waals surface area contributed by atoms with Crippen molar-refractivity contribution in [3.8, 4) is 0 Å². The maximum absolute atomic E-state index is 13.0. The van der Waals surface area contributed by atoms with Crippen molar-refractivity contribution >= 4 is 5.96 Å². The molecule has 1 saturated carbocycles. The van der Waals surface area contributed by atoms with Crippen molar-refractivity contribution in [1.82, 2.24) is 15.8 Å². The van der Waals surface area contributed by atoms with Crippen LogP contribution in [0.3, 0.4) is 0 Å². The predicted molar refractivity (Wildman–Crippen MR) is 99.6 cm³/mol. The Morgan fingerprint density at radius 3 is 2.67 bits per heavy atom. The summed E-state index contributed by atoms with van der Waals surface area (Å²) < 4.78 is 44.4. The van der Waals surface area contributed by atoms with Crippen molar-refractivity contribution in [1.29, 1.82) is 0 Å². The molecule has 1 aliphatic rings. The molecule has 0 spiro atoms. The highest BCUT2D eigenvalue weighted by molar-refractivity contribution is 5.80. The van der Waals surface area contributed by atoms with E-state index in [2.05, 4.69) is 34.6 Å². The molecule has 2 atom stereocenters. The van der Waals surface area contributed by atoms with Gasteiger partial charge in [-0.1, -0.05) is 25.4 Å². The quantitative estimate of drug-likeness (QED) is 0.522. The lowest BCUT2D eigenvalue weighted by atomic mass is 9.85. The van der Waals surface area contributed by atoms with E-state index in [1.54, 1.807) is 0 Å². The first-order chi connectivity index (χ1) is 12.9. The number of nitrogens with zero attached hydrogens (tertiary/aromatic N) is 2. The normalized spacial score (nSPS) is 21.5. The van der Waals surface area contributed by atoms with Crippen molar-refractivity contribution in [2.75, 3.05) is 6.54 Å². The summed E-state index contributed by atoms with van der Waals surface area (Å²) in [7, 11) is 0. The van der Waals surface area contributed by atoms with Crippen LogP contribution in [0.15, 0.2) is 15.6 Å². The summed E-state index contributed by atoms with van der Waals surface area (Å²) in [5, 5.41) is 10.4. The first kappa shape index (κ1) is 21.6. The standard InChI is InChI=1S/C19H31F3N4O/c1-4-13(5-2)17-11-16(27-26-17)12-24-18(23-6-3)25-15-9-7-8-14(10-15)19(20,21)22/h11,13-15H,4-10,12H2,1-3H3,(H2,23,24,25). The number of halogens is 3. The van der Waals surface area contributed by atoms with Gasteiger partial charge in [0.1, 0.15) is 6.54 Å². The molecule has 0 aliphatic heterocycles. The van der Waals surface area contributed by atoms with Crippen molar-refractivity contribution < 1.29 is 17.7 Å². The zero-order valence-electron chi connectivity index (χ0n) is 16.4. The highest BCUT2D eigenvalue weighted by Crippen LogP contribution is 2.37. The number of rotatable bonds is 7. The van der Waals surface area contributed by atoms with Crippen LogP contribution in [0.5, 0.6) is 0 Å². The van der Waals surface area contributed by atoms with Crippen LogP contribution in [0.4, 0.5) is 13.2 Å². The Morgan fingerprint density at radius 2 is 2.04 bits per heavy atom. The van der Waals surface area contributed by atoms with E-state index in [1.807, 2.05) is 13.0 Å². The molecule has 0 bridgehead atoms. The van der Waals surface area contributed by atoms with Gasteiger partial charge in [0.05, 0.1) is 11.6 Å². The van der Waals surface area contributed by atoms with Crippen LogP contribution in [-0.2, 0) is 6.54 Å². The average molecular weight is 388 g/mol. The zero-order chi connectivity index (χ0) is 19.9. The van der Waals surface area contributed by atoms with Crippen LogP contribution < -0.4 is 10.6 Å². The molecule has 2 rings (SSSR count). The molecule has 0 amide bonds. The van der Waals surface area contributed by atoms with Gasteiger partial charge in [-0.2, -0.15) is 13.2 Å². The molecule has 0 aromatic carbocycles. The lowest BCUT2D eigenvalue weighted by Gasteiger charge is -2.31. The molecular formula is C19H31F3N4O. The van der Waals surface area contributed by atoms with Crippen LogP contribution >= 0.6 is 0 Å². The van der Waals surface area contributed by atoms with Crippen LogP contribution in [0.1, 0.15) is 76.7 Å². The van der Waals surface area contributed by atoms with Gasteiger partial charge in [0.15, 0.2) is 11.7 Å². The molecule has 1 aliphatic carbocycles. The number of aromatic nitrogens is 1. The molecule has 1 heterocycles. The Morgan fingerprint density at radius 1 is 1.30 bits per heavy atom. The summed E-state index contributed by atoms with van der Waals surface area (Å²) in [5.74, 6) is 0.319. The van der Waals surface area contributed by atoms with E-state index in [4.69, 9.17) is 4.52 Å². The monoisotopic (exact) mass is 388 g/mol. The summed E-state index contributed by atoms with van der Waals surface area (Å²) in [6.07, 6.45) is -0.529. The van der Waals surface area contributed by atoms with E-state index in [1.165, 1.54) is 0 Å². The second kappa shape index (κ2) is 9.99. The number of guanidine groups is 1. The highest BCUT2D eigenvalue weighted by Gasteiger charge is 2.42. The maximum Gasteiger partial charge on any atom is 0.391 e. The third kappa shape index (κ3) is 6.43. The molecule has 2 unspecified atom stereocenters. The SMILES string of the molecule is CCNC(=NCc1cc(C(CC)CC)no1)NC1CCCC(C(F)(F)F)C1. The molecule has 8 heteroatoms. The van der Waals surface area contributed by atoms with Crippen molar-refractivity contribution in [2.24, 2.45) is 10.9 Å². The highest BCUT2D eigenvalue weighted by atomic mass is 19.4. The third-order valence-corrected chi connectivity index (χ3v) is 5.20. The summed E-state index contributed by atoms with van der Waals surface area (Å²) in [5.41, 5.74) is 0.934. The predicted octanol–water partition coefficient (Wildman–Crippen LogP) is 4.75. The second-order valence-electron chi connectivity index (χ2n) is 7.17. The molecule has 1 aromatic heterocycles. The van der Waals surface area contributed by atoms with Crippen molar-refractivity contribution in [3.63, 3.8) is 0 Å². The lowest BCUT2D eigenvalue weighted by molar-refractivity contribution is -0.183. The first-order valence-electron chi connectivity index (χ1n) is 9.94. The summed E-state index contributed by atoms with van der Waals surface area (Å²) in [6, 6.07) is 1.70. The minimum Gasteiger partial charge on any atom is -0.359 e.